The van der Waals surface area contributed by atoms with Gasteiger partial charge in [-0.25, -0.2) is 0 Å². The lowest BCUT2D eigenvalue weighted by atomic mass is 9.87. The number of carbonyl (C=O) groups is 1. The first kappa shape index (κ1) is 14.5. The van der Waals surface area contributed by atoms with Crippen LogP contribution in [0.25, 0.3) is 0 Å². The highest BCUT2D eigenvalue weighted by Crippen LogP contribution is 2.23. The van der Waals surface area contributed by atoms with Crippen LogP contribution in [0.5, 0.6) is 0 Å². The molecule has 100 valence electrons. The molecule has 3 nitrogen and oxygen atoms in total. The predicted octanol–water partition coefficient (Wildman–Crippen LogP) is 2.48. The van der Waals surface area contributed by atoms with Gasteiger partial charge in [0, 0.05) is 12.5 Å². The number of aliphatic hydroxyl groups is 1. The molecule has 1 aliphatic carbocycles. The van der Waals surface area contributed by atoms with E-state index in [1.807, 2.05) is 6.92 Å². The van der Waals surface area contributed by atoms with Crippen LogP contribution in [0.15, 0.2) is 0 Å². The molecule has 0 aromatic carbocycles. The fraction of sp³-hybridized carbons (Fsp3) is 0.929. The van der Waals surface area contributed by atoms with E-state index in [1.54, 1.807) is 0 Å². The van der Waals surface area contributed by atoms with Crippen LogP contribution in [0.4, 0.5) is 0 Å². The second-order valence-electron chi connectivity index (χ2n) is 5.47. The fourth-order valence-electron chi connectivity index (χ4n) is 2.51. The Labute approximate surface area is 105 Å². The third kappa shape index (κ3) is 5.53. The number of hydrogen-bond donors (Lipinski definition) is 2. The van der Waals surface area contributed by atoms with Crippen LogP contribution < -0.4 is 5.32 Å². The maximum absolute atomic E-state index is 11.8. The Balaban J connectivity index is 2.18. The highest BCUT2D eigenvalue weighted by molar-refractivity contribution is 5.78. The van der Waals surface area contributed by atoms with E-state index in [1.165, 1.54) is 0 Å². The first-order valence-corrected chi connectivity index (χ1v) is 7.09. The van der Waals surface area contributed by atoms with Crippen LogP contribution in [0, 0.1) is 11.8 Å². The largest absolute Gasteiger partial charge is 0.393 e. The molecule has 0 heterocycles. The van der Waals surface area contributed by atoms with Gasteiger partial charge in [-0.1, -0.05) is 33.1 Å². The van der Waals surface area contributed by atoms with Crippen molar-refractivity contribution in [1.29, 1.82) is 0 Å². The van der Waals surface area contributed by atoms with E-state index in [0.717, 1.165) is 51.5 Å². The fourth-order valence-corrected chi connectivity index (χ4v) is 2.51. The molecule has 0 aromatic heterocycles. The molecule has 0 spiro atoms. The molecule has 0 aromatic rings. The minimum atomic E-state index is -0.150. The molecule has 0 bridgehead atoms. The Morgan fingerprint density at radius 3 is 2.88 bits per heavy atom. The first-order valence-electron chi connectivity index (χ1n) is 7.09. The normalized spacial score (nSPS) is 26.5. The highest BCUT2D eigenvalue weighted by Gasteiger charge is 2.21. The molecule has 3 heteroatoms. The van der Waals surface area contributed by atoms with E-state index < -0.39 is 0 Å². The molecule has 1 rings (SSSR count). The summed E-state index contributed by atoms with van der Waals surface area (Å²) in [4.78, 5) is 11.8. The minimum absolute atomic E-state index is 0.128. The summed E-state index contributed by atoms with van der Waals surface area (Å²) in [5, 5.41) is 12.6. The summed E-state index contributed by atoms with van der Waals surface area (Å²) < 4.78 is 0. The molecule has 1 fully saturated rings. The monoisotopic (exact) mass is 241 g/mol. The zero-order valence-corrected chi connectivity index (χ0v) is 11.2. The summed E-state index contributed by atoms with van der Waals surface area (Å²) in [7, 11) is 0. The Morgan fingerprint density at radius 2 is 2.24 bits per heavy atom. The number of carbonyl (C=O) groups excluding carboxylic acids is 1. The van der Waals surface area contributed by atoms with Gasteiger partial charge in [0.1, 0.15) is 0 Å². The van der Waals surface area contributed by atoms with Crippen LogP contribution in [-0.2, 0) is 4.79 Å². The van der Waals surface area contributed by atoms with Crippen molar-refractivity contribution in [2.75, 3.05) is 6.54 Å². The Kier molecular flexibility index (Phi) is 6.56. The summed E-state index contributed by atoms with van der Waals surface area (Å²) >= 11 is 0. The van der Waals surface area contributed by atoms with Gasteiger partial charge in [0.15, 0.2) is 0 Å². The highest BCUT2D eigenvalue weighted by atomic mass is 16.3. The Bertz CT molecular complexity index is 230. The zero-order chi connectivity index (χ0) is 12.7. The summed E-state index contributed by atoms with van der Waals surface area (Å²) in [6, 6.07) is 0. The van der Waals surface area contributed by atoms with E-state index in [4.69, 9.17) is 0 Å². The van der Waals surface area contributed by atoms with E-state index in [9.17, 15) is 9.90 Å². The lowest BCUT2D eigenvalue weighted by Gasteiger charge is -2.26. The van der Waals surface area contributed by atoms with Gasteiger partial charge in [-0.05, 0) is 31.6 Å². The van der Waals surface area contributed by atoms with Crippen LogP contribution in [0.3, 0.4) is 0 Å². The topological polar surface area (TPSA) is 49.3 Å². The molecule has 0 saturated heterocycles. The van der Waals surface area contributed by atoms with Crippen molar-refractivity contribution < 1.29 is 9.90 Å². The molecule has 1 saturated carbocycles. The zero-order valence-electron chi connectivity index (χ0n) is 11.2. The smallest absolute Gasteiger partial charge is 0.222 e. The molecular weight excluding hydrogens is 214 g/mol. The van der Waals surface area contributed by atoms with Gasteiger partial charge in [-0.3, -0.25) is 4.79 Å². The standard InChI is InChI=1S/C14H27NO2/c1-3-4-6-11(2)14(17)15-10-12-7-5-8-13(16)9-12/h11-13,16H,3-10H2,1-2H3,(H,15,17). The molecule has 3 unspecified atom stereocenters. The van der Waals surface area contributed by atoms with E-state index in [2.05, 4.69) is 12.2 Å². The van der Waals surface area contributed by atoms with Crippen molar-refractivity contribution in [3.05, 3.63) is 0 Å². The minimum Gasteiger partial charge on any atom is -0.393 e. The SMILES string of the molecule is CCCCC(C)C(=O)NCC1CCCC(O)C1. The number of rotatable bonds is 6. The summed E-state index contributed by atoms with van der Waals surface area (Å²) in [6.07, 6.45) is 7.11. The predicted molar refractivity (Wildman–Crippen MR) is 69.7 cm³/mol. The van der Waals surface area contributed by atoms with Gasteiger partial charge in [0.25, 0.3) is 0 Å². The number of aliphatic hydroxyl groups excluding tert-OH is 1. The summed E-state index contributed by atoms with van der Waals surface area (Å²) in [5.74, 6) is 0.781. The van der Waals surface area contributed by atoms with Crippen LogP contribution in [-0.4, -0.2) is 23.7 Å². The lowest BCUT2D eigenvalue weighted by Crippen LogP contribution is -2.35. The van der Waals surface area contributed by atoms with Gasteiger partial charge in [-0.2, -0.15) is 0 Å². The lowest BCUT2D eigenvalue weighted by molar-refractivity contribution is -0.125. The summed E-state index contributed by atoms with van der Waals surface area (Å²) in [6.45, 7) is 4.89. The molecule has 0 radical (unpaired) electrons. The maximum Gasteiger partial charge on any atom is 0.222 e. The average molecular weight is 241 g/mol. The average Bonchev–Trinajstić information content (AvgIpc) is 2.33. The van der Waals surface area contributed by atoms with Gasteiger partial charge in [-0.15, -0.1) is 0 Å². The molecule has 2 N–H and O–H groups in total. The van der Waals surface area contributed by atoms with Crippen LogP contribution >= 0.6 is 0 Å². The van der Waals surface area contributed by atoms with E-state index in [0.29, 0.717) is 5.92 Å². The van der Waals surface area contributed by atoms with Crippen molar-refractivity contribution in [2.24, 2.45) is 11.8 Å². The van der Waals surface area contributed by atoms with Crippen LogP contribution in [0.2, 0.25) is 0 Å². The number of nitrogens with one attached hydrogen (secondary N) is 1. The first-order chi connectivity index (χ1) is 8.13. The van der Waals surface area contributed by atoms with Crippen molar-refractivity contribution >= 4 is 5.91 Å². The van der Waals surface area contributed by atoms with Gasteiger partial charge >= 0.3 is 0 Å². The van der Waals surface area contributed by atoms with Crippen molar-refractivity contribution in [3.63, 3.8) is 0 Å². The van der Waals surface area contributed by atoms with Gasteiger partial charge in [0.05, 0.1) is 6.10 Å². The number of hydrogen-bond acceptors (Lipinski definition) is 2. The van der Waals surface area contributed by atoms with Crippen molar-refractivity contribution in [1.82, 2.24) is 5.32 Å². The van der Waals surface area contributed by atoms with E-state index >= 15 is 0 Å². The third-order valence-electron chi connectivity index (χ3n) is 3.76. The summed E-state index contributed by atoms with van der Waals surface area (Å²) in [5.41, 5.74) is 0. The molecule has 17 heavy (non-hydrogen) atoms. The van der Waals surface area contributed by atoms with Crippen LogP contribution in [0.1, 0.15) is 58.8 Å². The molecule has 0 aliphatic heterocycles. The quantitative estimate of drug-likeness (QED) is 0.750. The van der Waals surface area contributed by atoms with Gasteiger partial charge in [0.2, 0.25) is 5.91 Å². The number of amides is 1. The Hall–Kier alpha value is -0.570. The second kappa shape index (κ2) is 7.70. The third-order valence-corrected chi connectivity index (χ3v) is 3.76. The second-order valence-corrected chi connectivity index (χ2v) is 5.47. The molecule has 1 amide bonds. The Morgan fingerprint density at radius 1 is 1.47 bits per heavy atom. The maximum atomic E-state index is 11.8. The number of unbranched alkanes of at least 4 members (excludes halogenated alkanes) is 1. The molecule has 1 aliphatic rings. The van der Waals surface area contributed by atoms with E-state index in [-0.39, 0.29) is 17.9 Å². The van der Waals surface area contributed by atoms with Crippen molar-refractivity contribution in [2.45, 2.75) is 64.9 Å². The molecule has 3 atom stereocenters. The van der Waals surface area contributed by atoms with Crippen molar-refractivity contribution in [3.8, 4) is 0 Å². The molecular formula is C14H27NO2. The van der Waals surface area contributed by atoms with Gasteiger partial charge < -0.3 is 10.4 Å².